The molecule has 1 saturated heterocycles. The average molecular weight is 304 g/mol. The highest BCUT2D eigenvalue weighted by Gasteiger charge is 2.26. The quantitative estimate of drug-likeness (QED) is 0.841. The van der Waals surface area contributed by atoms with Gasteiger partial charge in [-0.1, -0.05) is 36.8 Å². The molecular formula is C18H28N2O2. The standard InChI is InChI=1S/C18H28N2O2/c1-15(2)20(14-18(21)22)13-17-10-6-7-11-19(17)12-16-8-4-3-5-9-16/h3-5,8-9,15,17H,6-7,10-14H2,1-2H3,(H,21,22)/t17-/m0/s1. The lowest BCUT2D eigenvalue weighted by atomic mass is 10.00. The molecule has 0 aromatic heterocycles. The molecular weight excluding hydrogens is 276 g/mol. The fourth-order valence-electron chi connectivity index (χ4n) is 3.20. The lowest BCUT2D eigenvalue weighted by molar-refractivity contribution is -0.139. The smallest absolute Gasteiger partial charge is 0.317 e. The second-order valence-corrected chi connectivity index (χ2v) is 6.52. The maximum atomic E-state index is 11.1. The van der Waals surface area contributed by atoms with Gasteiger partial charge in [-0.15, -0.1) is 0 Å². The molecule has 0 spiro atoms. The zero-order valence-electron chi connectivity index (χ0n) is 13.7. The van der Waals surface area contributed by atoms with Gasteiger partial charge in [0.1, 0.15) is 0 Å². The molecule has 1 atom stereocenters. The van der Waals surface area contributed by atoms with Gasteiger partial charge in [0, 0.05) is 25.2 Å². The molecule has 0 bridgehead atoms. The SMILES string of the molecule is CC(C)N(CC(=O)O)C[C@@H]1CCCCN1Cc1ccccc1. The van der Waals surface area contributed by atoms with Crippen LogP contribution < -0.4 is 0 Å². The van der Waals surface area contributed by atoms with Crippen LogP contribution in [0.1, 0.15) is 38.7 Å². The maximum Gasteiger partial charge on any atom is 0.317 e. The number of hydrogen-bond donors (Lipinski definition) is 1. The summed E-state index contributed by atoms with van der Waals surface area (Å²) in [4.78, 5) is 15.7. The Morgan fingerprint density at radius 1 is 1.32 bits per heavy atom. The van der Waals surface area contributed by atoms with Crippen molar-refractivity contribution in [2.24, 2.45) is 0 Å². The lowest BCUT2D eigenvalue weighted by Crippen LogP contribution is -2.49. The van der Waals surface area contributed by atoms with Crippen molar-refractivity contribution in [2.75, 3.05) is 19.6 Å². The molecule has 0 aliphatic carbocycles. The molecule has 4 nitrogen and oxygen atoms in total. The summed E-state index contributed by atoms with van der Waals surface area (Å²) in [5, 5.41) is 9.11. The van der Waals surface area contributed by atoms with Gasteiger partial charge in [-0.25, -0.2) is 0 Å². The van der Waals surface area contributed by atoms with Crippen LogP contribution in [0, 0.1) is 0 Å². The molecule has 2 rings (SSSR count). The Morgan fingerprint density at radius 2 is 2.05 bits per heavy atom. The molecule has 1 N–H and O–H groups in total. The van der Waals surface area contributed by atoms with E-state index < -0.39 is 5.97 Å². The van der Waals surface area contributed by atoms with Crippen LogP contribution in [0.4, 0.5) is 0 Å². The van der Waals surface area contributed by atoms with E-state index in [4.69, 9.17) is 5.11 Å². The minimum absolute atomic E-state index is 0.132. The number of rotatable bonds is 7. The molecule has 0 saturated carbocycles. The Balaban J connectivity index is 2.00. The van der Waals surface area contributed by atoms with E-state index >= 15 is 0 Å². The molecule has 0 amide bonds. The Labute approximate surface area is 133 Å². The van der Waals surface area contributed by atoms with Crippen LogP contribution in [0.2, 0.25) is 0 Å². The van der Waals surface area contributed by atoms with Crippen LogP contribution in [0.3, 0.4) is 0 Å². The summed E-state index contributed by atoms with van der Waals surface area (Å²) in [5.74, 6) is -0.737. The first-order chi connectivity index (χ1) is 10.6. The Morgan fingerprint density at radius 3 is 2.68 bits per heavy atom. The average Bonchev–Trinajstić information content (AvgIpc) is 2.49. The first-order valence-corrected chi connectivity index (χ1v) is 8.30. The van der Waals surface area contributed by atoms with Crippen LogP contribution in [-0.4, -0.2) is 52.6 Å². The summed E-state index contributed by atoms with van der Waals surface area (Å²) in [6, 6.07) is 11.3. The summed E-state index contributed by atoms with van der Waals surface area (Å²) in [7, 11) is 0. The molecule has 4 heteroatoms. The van der Waals surface area contributed by atoms with Gasteiger partial charge >= 0.3 is 5.97 Å². The highest BCUT2D eigenvalue weighted by Crippen LogP contribution is 2.21. The first kappa shape index (κ1) is 17.0. The third kappa shape index (κ3) is 5.11. The van der Waals surface area contributed by atoms with Crippen LogP contribution >= 0.6 is 0 Å². The molecule has 1 aromatic rings. The summed E-state index contributed by atoms with van der Waals surface area (Å²) < 4.78 is 0. The molecule has 0 unspecified atom stereocenters. The van der Waals surface area contributed by atoms with Gasteiger partial charge < -0.3 is 5.11 Å². The predicted molar refractivity (Wildman–Crippen MR) is 88.8 cm³/mol. The van der Waals surface area contributed by atoms with E-state index in [0.717, 1.165) is 26.1 Å². The van der Waals surface area contributed by atoms with Gasteiger partial charge in [0.15, 0.2) is 0 Å². The van der Waals surface area contributed by atoms with Crippen molar-refractivity contribution in [3.8, 4) is 0 Å². The molecule has 22 heavy (non-hydrogen) atoms. The number of piperidine rings is 1. The van der Waals surface area contributed by atoms with Crippen LogP contribution in [0.25, 0.3) is 0 Å². The Hall–Kier alpha value is -1.39. The molecule has 1 heterocycles. The number of likely N-dealkylation sites (tertiary alicyclic amines) is 1. The van der Waals surface area contributed by atoms with E-state index in [2.05, 4.69) is 47.9 Å². The molecule has 1 aromatic carbocycles. The molecule has 1 aliphatic heterocycles. The Kier molecular flexibility index (Phi) is 6.40. The minimum atomic E-state index is -0.737. The van der Waals surface area contributed by atoms with E-state index in [-0.39, 0.29) is 12.6 Å². The van der Waals surface area contributed by atoms with E-state index in [9.17, 15) is 4.79 Å². The molecule has 1 fully saturated rings. The van der Waals surface area contributed by atoms with Crippen molar-refractivity contribution in [3.05, 3.63) is 35.9 Å². The number of nitrogens with zero attached hydrogens (tertiary/aromatic N) is 2. The zero-order chi connectivity index (χ0) is 15.9. The third-order valence-electron chi connectivity index (χ3n) is 4.49. The van der Waals surface area contributed by atoms with Crippen molar-refractivity contribution >= 4 is 5.97 Å². The first-order valence-electron chi connectivity index (χ1n) is 8.30. The van der Waals surface area contributed by atoms with Crippen molar-refractivity contribution < 1.29 is 9.90 Å². The number of benzene rings is 1. The summed E-state index contributed by atoms with van der Waals surface area (Å²) in [6.07, 6.45) is 3.65. The predicted octanol–water partition coefficient (Wildman–Crippen LogP) is 2.84. The zero-order valence-corrected chi connectivity index (χ0v) is 13.7. The van der Waals surface area contributed by atoms with Crippen molar-refractivity contribution in [1.82, 2.24) is 9.80 Å². The monoisotopic (exact) mass is 304 g/mol. The molecule has 1 aliphatic rings. The lowest BCUT2D eigenvalue weighted by Gasteiger charge is -2.39. The van der Waals surface area contributed by atoms with Crippen LogP contribution in [-0.2, 0) is 11.3 Å². The van der Waals surface area contributed by atoms with E-state index in [0.29, 0.717) is 6.04 Å². The third-order valence-corrected chi connectivity index (χ3v) is 4.49. The van der Waals surface area contributed by atoms with E-state index in [1.807, 2.05) is 6.07 Å². The number of carboxylic acid groups (broad SMARTS) is 1. The van der Waals surface area contributed by atoms with Gasteiger partial charge in [-0.05, 0) is 38.8 Å². The van der Waals surface area contributed by atoms with Gasteiger partial charge in [0.25, 0.3) is 0 Å². The fraction of sp³-hybridized carbons (Fsp3) is 0.611. The normalized spacial score (nSPS) is 19.7. The van der Waals surface area contributed by atoms with E-state index in [1.165, 1.54) is 18.4 Å². The van der Waals surface area contributed by atoms with Crippen molar-refractivity contribution in [3.63, 3.8) is 0 Å². The highest BCUT2D eigenvalue weighted by molar-refractivity contribution is 5.69. The number of hydrogen-bond acceptors (Lipinski definition) is 3. The number of carboxylic acids is 1. The van der Waals surface area contributed by atoms with Gasteiger partial charge in [0.2, 0.25) is 0 Å². The van der Waals surface area contributed by atoms with Crippen molar-refractivity contribution in [2.45, 2.75) is 51.7 Å². The molecule has 122 valence electrons. The van der Waals surface area contributed by atoms with Gasteiger partial charge in [-0.2, -0.15) is 0 Å². The van der Waals surface area contributed by atoms with Crippen LogP contribution in [0.15, 0.2) is 30.3 Å². The second-order valence-electron chi connectivity index (χ2n) is 6.52. The largest absolute Gasteiger partial charge is 0.480 e. The maximum absolute atomic E-state index is 11.1. The minimum Gasteiger partial charge on any atom is -0.480 e. The van der Waals surface area contributed by atoms with E-state index in [1.54, 1.807) is 0 Å². The summed E-state index contributed by atoms with van der Waals surface area (Å²) in [5.41, 5.74) is 1.34. The number of carbonyl (C=O) groups is 1. The Bertz CT molecular complexity index is 461. The van der Waals surface area contributed by atoms with Crippen LogP contribution in [0.5, 0.6) is 0 Å². The van der Waals surface area contributed by atoms with Gasteiger partial charge in [-0.3, -0.25) is 14.6 Å². The summed E-state index contributed by atoms with van der Waals surface area (Å²) in [6.45, 7) is 7.20. The van der Waals surface area contributed by atoms with Gasteiger partial charge in [0.05, 0.1) is 6.54 Å². The molecule has 0 radical (unpaired) electrons. The highest BCUT2D eigenvalue weighted by atomic mass is 16.4. The number of aliphatic carboxylic acids is 1. The van der Waals surface area contributed by atoms with Crippen molar-refractivity contribution in [1.29, 1.82) is 0 Å². The second kappa shape index (κ2) is 8.30. The fourth-order valence-corrected chi connectivity index (χ4v) is 3.20. The summed E-state index contributed by atoms with van der Waals surface area (Å²) >= 11 is 0. The topological polar surface area (TPSA) is 43.8 Å².